The monoisotopic (exact) mass is 417 g/mol. The third-order valence-corrected chi connectivity index (χ3v) is 5.51. The predicted molar refractivity (Wildman–Crippen MR) is 110 cm³/mol. The van der Waals surface area contributed by atoms with E-state index in [0.717, 1.165) is 11.3 Å². The minimum absolute atomic E-state index is 0.208. The van der Waals surface area contributed by atoms with Crippen LogP contribution in [0.1, 0.15) is 41.8 Å². The fourth-order valence-electron chi connectivity index (χ4n) is 3.44. The molecular weight excluding hydrogens is 394 g/mol. The Hall–Kier alpha value is -2.73. The molecule has 0 spiro atoms. The molecule has 1 aliphatic rings. The first-order valence-corrected chi connectivity index (χ1v) is 9.87. The second kappa shape index (κ2) is 9.18. The van der Waals surface area contributed by atoms with Crippen molar-refractivity contribution in [2.45, 2.75) is 25.9 Å². The van der Waals surface area contributed by atoms with Gasteiger partial charge in [0.1, 0.15) is 17.6 Å². The van der Waals surface area contributed by atoms with Crippen LogP contribution >= 0.6 is 11.6 Å². The largest absolute Gasteiger partial charge is 0.496 e. The zero-order chi connectivity index (χ0) is 21.0. The van der Waals surface area contributed by atoms with Gasteiger partial charge in [0, 0.05) is 17.7 Å². The molecule has 0 bridgehead atoms. The van der Waals surface area contributed by atoms with Gasteiger partial charge in [0.2, 0.25) is 0 Å². The summed E-state index contributed by atoms with van der Waals surface area (Å²) in [5, 5.41) is 12.1. The van der Waals surface area contributed by atoms with Crippen molar-refractivity contribution in [1.82, 2.24) is 5.32 Å². The summed E-state index contributed by atoms with van der Waals surface area (Å²) in [6.45, 7) is 2.36. The van der Waals surface area contributed by atoms with Crippen molar-refractivity contribution in [3.05, 3.63) is 58.6 Å². The van der Waals surface area contributed by atoms with Crippen molar-refractivity contribution < 1.29 is 24.2 Å². The van der Waals surface area contributed by atoms with Gasteiger partial charge in [-0.3, -0.25) is 9.59 Å². The zero-order valence-corrected chi connectivity index (χ0v) is 17.1. The molecule has 1 unspecified atom stereocenters. The molecule has 0 radical (unpaired) electrons. The van der Waals surface area contributed by atoms with Gasteiger partial charge in [-0.25, -0.2) is 0 Å². The van der Waals surface area contributed by atoms with E-state index >= 15 is 0 Å². The number of rotatable bonds is 8. The SMILES string of the molecule is COc1ccccc1C(C)Oc1ccc(C(=O)NCC2CC(C(=O)O)C2)cc1Cl. The van der Waals surface area contributed by atoms with Gasteiger partial charge in [0.15, 0.2) is 0 Å². The van der Waals surface area contributed by atoms with E-state index in [4.69, 9.17) is 26.2 Å². The highest BCUT2D eigenvalue weighted by molar-refractivity contribution is 6.32. The quantitative estimate of drug-likeness (QED) is 0.667. The van der Waals surface area contributed by atoms with Crippen LogP contribution in [0, 0.1) is 11.8 Å². The number of benzene rings is 2. The first-order valence-electron chi connectivity index (χ1n) is 9.49. The van der Waals surface area contributed by atoms with Crippen LogP contribution in [0.2, 0.25) is 5.02 Å². The van der Waals surface area contributed by atoms with Gasteiger partial charge < -0.3 is 19.9 Å². The van der Waals surface area contributed by atoms with Gasteiger partial charge in [-0.15, -0.1) is 0 Å². The number of para-hydroxylation sites is 1. The summed E-state index contributed by atoms with van der Waals surface area (Å²) >= 11 is 6.33. The van der Waals surface area contributed by atoms with Gasteiger partial charge in [0.25, 0.3) is 5.91 Å². The Morgan fingerprint density at radius 3 is 2.59 bits per heavy atom. The summed E-state index contributed by atoms with van der Waals surface area (Å²) in [5.41, 5.74) is 1.33. The molecule has 0 saturated heterocycles. The van der Waals surface area contributed by atoms with Gasteiger partial charge in [-0.05, 0) is 49.9 Å². The third kappa shape index (κ3) is 5.01. The number of ether oxygens (including phenoxy) is 2. The molecule has 1 fully saturated rings. The molecule has 7 heteroatoms. The van der Waals surface area contributed by atoms with Crippen LogP contribution in [-0.2, 0) is 4.79 Å². The standard InChI is InChI=1S/C22H24ClNO5/c1-13(17-5-3-4-6-19(17)28-2)29-20-8-7-15(11-18(20)23)21(25)24-12-14-9-16(10-14)22(26)27/h3-8,11,13-14,16H,9-10,12H2,1-2H3,(H,24,25)(H,26,27). The fourth-order valence-corrected chi connectivity index (χ4v) is 3.66. The van der Waals surface area contributed by atoms with Crippen molar-refractivity contribution in [3.63, 3.8) is 0 Å². The molecule has 2 N–H and O–H groups in total. The number of amides is 1. The zero-order valence-electron chi connectivity index (χ0n) is 16.4. The number of nitrogens with one attached hydrogen (secondary N) is 1. The number of hydrogen-bond donors (Lipinski definition) is 2. The van der Waals surface area contributed by atoms with Gasteiger partial charge in [0.05, 0.1) is 18.1 Å². The maximum Gasteiger partial charge on any atom is 0.306 e. The van der Waals surface area contributed by atoms with Gasteiger partial charge in [-0.2, -0.15) is 0 Å². The number of carboxylic acids is 1. The second-order valence-corrected chi connectivity index (χ2v) is 7.64. The summed E-state index contributed by atoms with van der Waals surface area (Å²) in [6, 6.07) is 12.5. The molecule has 3 rings (SSSR count). The van der Waals surface area contributed by atoms with Crippen LogP contribution in [-0.4, -0.2) is 30.6 Å². The van der Waals surface area contributed by atoms with E-state index in [0.29, 0.717) is 35.7 Å². The number of aliphatic carboxylic acids is 1. The second-order valence-electron chi connectivity index (χ2n) is 7.23. The minimum atomic E-state index is -0.766. The molecule has 0 heterocycles. The predicted octanol–water partition coefficient (Wildman–Crippen LogP) is 4.33. The number of methoxy groups -OCH3 is 1. The lowest BCUT2D eigenvalue weighted by molar-refractivity contribution is -0.146. The summed E-state index contributed by atoms with van der Waals surface area (Å²) in [5.74, 6) is 0.123. The van der Waals surface area contributed by atoms with Crippen LogP contribution in [0.4, 0.5) is 0 Å². The van der Waals surface area contributed by atoms with Crippen LogP contribution in [0.5, 0.6) is 11.5 Å². The maximum absolute atomic E-state index is 12.4. The van der Waals surface area contributed by atoms with E-state index in [9.17, 15) is 9.59 Å². The number of hydrogen-bond acceptors (Lipinski definition) is 4. The molecule has 2 aromatic rings. The first kappa shape index (κ1) is 21.0. The Balaban J connectivity index is 1.58. The molecule has 29 heavy (non-hydrogen) atoms. The van der Waals surface area contributed by atoms with Gasteiger partial charge >= 0.3 is 5.97 Å². The lowest BCUT2D eigenvalue weighted by Crippen LogP contribution is -2.38. The van der Waals surface area contributed by atoms with Crippen molar-refractivity contribution in [2.24, 2.45) is 11.8 Å². The number of carbonyl (C=O) groups excluding carboxylic acids is 1. The highest BCUT2D eigenvalue weighted by Gasteiger charge is 2.34. The first-order chi connectivity index (χ1) is 13.9. The van der Waals surface area contributed by atoms with Crippen LogP contribution in [0.15, 0.2) is 42.5 Å². The van der Waals surface area contributed by atoms with Crippen LogP contribution in [0.3, 0.4) is 0 Å². The highest BCUT2D eigenvalue weighted by Crippen LogP contribution is 2.34. The van der Waals surface area contributed by atoms with Crippen LogP contribution in [0.25, 0.3) is 0 Å². The van der Waals surface area contributed by atoms with Gasteiger partial charge in [-0.1, -0.05) is 29.8 Å². The topological polar surface area (TPSA) is 84.9 Å². The lowest BCUT2D eigenvalue weighted by atomic mass is 9.75. The smallest absolute Gasteiger partial charge is 0.306 e. The molecule has 0 aromatic heterocycles. The summed E-state index contributed by atoms with van der Waals surface area (Å²) in [7, 11) is 1.61. The summed E-state index contributed by atoms with van der Waals surface area (Å²) in [6.07, 6.45) is 0.915. The highest BCUT2D eigenvalue weighted by atomic mass is 35.5. The summed E-state index contributed by atoms with van der Waals surface area (Å²) in [4.78, 5) is 23.2. The Morgan fingerprint density at radius 1 is 1.21 bits per heavy atom. The summed E-state index contributed by atoms with van der Waals surface area (Å²) < 4.78 is 11.3. The number of halogens is 1. The molecule has 2 aromatic carbocycles. The van der Waals surface area contributed by atoms with E-state index in [-0.39, 0.29) is 23.8 Å². The molecule has 1 amide bonds. The van der Waals surface area contributed by atoms with E-state index in [1.807, 2.05) is 31.2 Å². The van der Waals surface area contributed by atoms with E-state index in [1.54, 1.807) is 25.3 Å². The third-order valence-electron chi connectivity index (χ3n) is 5.21. The molecule has 1 aliphatic carbocycles. The molecular formula is C22H24ClNO5. The number of carboxylic acid groups (broad SMARTS) is 1. The molecule has 0 aliphatic heterocycles. The molecule has 154 valence electrons. The van der Waals surface area contributed by atoms with Crippen molar-refractivity contribution >= 4 is 23.5 Å². The van der Waals surface area contributed by atoms with Crippen molar-refractivity contribution in [1.29, 1.82) is 0 Å². The van der Waals surface area contributed by atoms with E-state index < -0.39 is 5.97 Å². The minimum Gasteiger partial charge on any atom is -0.496 e. The van der Waals surface area contributed by atoms with E-state index in [1.165, 1.54) is 0 Å². The average Bonchev–Trinajstić information content (AvgIpc) is 2.67. The Kier molecular flexibility index (Phi) is 6.64. The Bertz CT molecular complexity index is 895. The van der Waals surface area contributed by atoms with Crippen molar-refractivity contribution in [3.8, 4) is 11.5 Å². The number of carbonyl (C=O) groups is 2. The van der Waals surface area contributed by atoms with Crippen LogP contribution < -0.4 is 14.8 Å². The normalized spacial score (nSPS) is 19.0. The molecule has 6 nitrogen and oxygen atoms in total. The van der Waals surface area contributed by atoms with Crippen molar-refractivity contribution in [2.75, 3.05) is 13.7 Å². The Morgan fingerprint density at radius 2 is 1.93 bits per heavy atom. The maximum atomic E-state index is 12.4. The fraction of sp³-hybridized carbons (Fsp3) is 0.364. The Labute approximate surface area is 174 Å². The van der Waals surface area contributed by atoms with E-state index in [2.05, 4.69) is 5.32 Å². The molecule has 1 atom stereocenters. The average molecular weight is 418 g/mol. The molecule has 1 saturated carbocycles. The lowest BCUT2D eigenvalue weighted by Gasteiger charge is -2.32.